The van der Waals surface area contributed by atoms with E-state index < -0.39 is 12.0 Å². The first-order valence-corrected chi connectivity index (χ1v) is 9.18. The predicted octanol–water partition coefficient (Wildman–Crippen LogP) is 3.34. The minimum absolute atomic E-state index is 0.0198. The van der Waals surface area contributed by atoms with E-state index in [1.54, 1.807) is 4.90 Å². The second-order valence-electron chi connectivity index (χ2n) is 7.75. The molecule has 0 aromatic heterocycles. The number of hydrogen-bond donors (Lipinski definition) is 1. The van der Waals surface area contributed by atoms with Crippen molar-refractivity contribution in [3.63, 3.8) is 0 Å². The van der Waals surface area contributed by atoms with Gasteiger partial charge in [-0.15, -0.1) is 0 Å². The van der Waals surface area contributed by atoms with E-state index in [1.807, 2.05) is 12.1 Å². The van der Waals surface area contributed by atoms with Crippen LogP contribution in [0.15, 0.2) is 24.3 Å². The maximum absolute atomic E-state index is 13.1. The lowest BCUT2D eigenvalue weighted by atomic mass is 9.84. The highest BCUT2D eigenvalue weighted by Crippen LogP contribution is 2.51. The first-order chi connectivity index (χ1) is 11.6. The van der Waals surface area contributed by atoms with E-state index in [9.17, 15) is 14.7 Å². The summed E-state index contributed by atoms with van der Waals surface area (Å²) < 4.78 is 0. The molecule has 3 fully saturated rings. The number of carbonyl (C=O) groups is 2. The van der Waals surface area contributed by atoms with E-state index in [0.717, 1.165) is 25.7 Å². The fraction of sp³-hybridized carbons (Fsp3) is 0.600. The molecule has 1 aromatic rings. The van der Waals surface area contributed by atoms with E-state index in [1.165, 1.54) is 17.5 Å². The van der Waals surface area contributed by atoms with E-state index >= 15 is 0 Å². The molecule has 3 aliphatic rings. The smallest absolute Gasteiger partial charge is 0.326 e. The lowest BCUT2D eigenvalue weighted by molar-refractivity contribution is -0.150. The Balaban J connectivity index is 1.55. The van der Waals surface area contributed by atoms with Gasteiger partial charge in [-0.2, -0.15) is 0 Å². The van der Waals surface area contributed by atoms with Gasteiger partial charge < -0.3 is 10.0 Å². The highest BCUT2D eigenvalue weighted by Gasteiger charge is 2.54. The molecule has 5 atom stereocenters. The number of nitrogens with zero attached hydrogens (tertiary/aromatic N) is 1. The normalized spacial score (nSPS) is 34.7. The van der Waals surface area contributed by atoms with Gasteiger partial charge in [0.05, 0.1) is 0 Å². The van der Waals surface area contributed by atoms with Crippen molar-refractivity contribution < 1.29 is 14.7 Å². The van der Waals surface area contributed by atoms with Crippen LogP contribution in [0, 0.1) is 18.8 Å². The van der Waals surface area contributed by atoms with Crippen LogP contribution in [0.5, 0.6) is 0 Å². The van der Waals surface area contributed by atoms with Crippen LogP contribution in [-0.4, -0.2) is 34.0 Å². The number of carboxylic acids is 1. The van der Waals surface area contributed by atoms with E-state index in [-0.39, 0.29) is 23.8 Å². The predicted molar refractivity (Wildman–Crippen MR) is 90.7 cm³/mol. The minimum atomic E-state index is -0.828. The molecule has 128 valence electrons. The summed E-state index contributed by atoms with van der Waals surface area (Å²) in [7, 11) is 0. The van der Waals surface area contributed by atoms with Crippen molar-refractivity contribution in [2.45, 2.75) is 63.5 Å². The molecule has 0 radical (unpaired) electrons. The summed E-state index contributed by atoms with van der Waals surface area (Å²) in [6.07, 6.45) is 5.84. The van der Waals surface area contributed by atoms with Gasteiger partial charge in [0.1, 0.15) is 6.04 Å². The maximum atomic E-state index is 13.1. The highest BCUT2D eigenvalue weighted by molar-refractivity contribution is 5.88. The summed E-state index contributed by atoms with van der Waals surface area (Å²) in [5.74, 6) is -0.0974. The molecule has 1 heterocycles. The van der Waals surface area contributed by atoms with Crippen molar-refractivity contribution >= 4 is 11.9 Å². The summed E-state index contributed by atoms with van der Waals surface area (Å²) >= 11 is 0. The van der Waals surface area contributed by atoms with Crippen LogP contribution in [0.4, 0.5) is 0 Å². The summed E-state index contributed by atoms with van der Waals surface area (Å²) in [4.78, 5) is 26.6. The number of carboxylic acid groups (broad SMARTS) is 1. The van der Waals surface area contributed by atoms with Gasteiger partial charge >= 0.3 is 5.97 Å². The largest absolute Gasteiger partial charge is 0.480 e. The van der Waals surface area contributed by atoms with Gasteiger partial charge in [0.2, 0.25) is 5.91 Å². The molecule has 1 saturated heterocycles. The zero-order valence-corrected chi connectivity index (χ0v) is 14.1. The van der Waals surface area contributed by atoms with Crippen LogP contribution in [0.1, 0.15) is 55.6 Å². The van der Waals surface area contributed by atoms with Crippen molar-refractivity contribution in [3.05, 3.63) is 35.4 Å². The van der Waals surface area contributed by atoms with Gasteiger partial charge in [-0.05, 0) is 55.6 Å². The van der Waals surface area contributed by atoms with Crippen LogP contribution >= 0.6 is 0 Å². The quantitative estimate of drug-likeness (QED) is 0.926. The first kappa shape index (κ1) is 15.7. The molecule has 4 nitrogen and oxygen atoms in total. The fourth-order valence-electron chi connectivity index (χ4n) is 5.00. The Morgan fingerprint density at radius 3 is 2.62 bits per heavy atom. The molecule has 2 saturated carbocycles. The Morgan fingerprint density at radius 1 is 1.12 bits per heavy atom. The molecule has 24 heavy (non-hydrogen) atoms. The van der Waals surface area contributed by atoms with Crippen LogP contribution in [-0.2, 0) is 9.59 Å². The standard InChI is InChI=1S/C20H25NO3/c1-12-6-2-4-8-14(12)15-11-16(15)19(22)21-17-9-5-3-7-13(17)10-18(21)20(23)24/h2,4,6,8,13,15-18H,3,5,7,9-11H2,1H3,(H,23,24). The molecular weight excluding hydrogens is 302 g/mol. The number of benzene rings is 1. The van der Waals surface area contributed by atoms with Crippen molar-refractivity contribution in [2.24, 2.45) is 11.8 Å². The number of fused-ring (bicyclic) bond motifs is 1. The summed E-state index contributed by atoms with van der Waals surface area (Å²) in [6, 6.07) is 7.78. The highest BCUT2D eigenvalue weighted by atomic mass is 16.4. The first-order valence-electron chi connectivity index (χ1n) is 9.18. The summed E-state index contributed by atoms with van der Waals surface area (Å²) in [5.41, 5.74) is 2.48. The number of rotatable bonds is 3. The van der Waals surface area contributed by atoms with Gasteiger partial charge in [-0.25, -0.2) is 4.79 Å². The third kappa shape index (κ3) is 2.52. The Bertz CT molecular complexity index is 671. The second-order valence-corrected chi connectivity index (χ2v) is 7.75. The zero-order valence-electron chi connectivity index (χ0n) is 14.1. The molecule has 4 heteroatoms. The second kappa shape index (κ2) is 5.91. The lowest BCUT2D eigenvalue weighted by Crippen LogP contribution is -2.47. The van der Waals surface area contributed by atoms with Crippen LogP contribution in [0.3, 0.4) is 0 Å². The molecule has 5 unspecified atom stereocenters. The van der Waals surface area contributed by atoms with Crippen molar-refractivity contribution in [1.82, 2.24) is 4.90 Å². The number of hydrogen-bond acceptors (Lipinski definition) is 2. The van der Waals surface area contributed by atoms with Gasteiger partial charge in [-0.1, -0.05) is 37.1 Å². The number of aliphatic carboxylic acids is 1. The molecule has 2 aliphatic carbocycles. The number of carbonyl (C=O) groups excluding carboxylic acids is 1. The minimum Gasteiger partial charge on any atom is -0.480 e. The molecule has 0 bridgehead atoms. The molecule has 4 rings (SSSR count). The van der Waals surface area contributed by atoms with E-state index in [0.29, 0.717) is 12.3 Å². The Kier molecular flexibility index (Phi) is 3.86. The van der Waals surface area contributed by atoms with Crippen molar-refractivity contribution in [3.8, 4) is 0 Å². The molecule has 1 aliphatic heterocycles. The van der Waals surface area contributed by atoms with E-state index in [2.05, 4.69) is 19.1 Å². The number of likely N-dealkylation sites (tertiary alicyclic amines) is 1. The average molecular weight is 327 g/mol. The molecule has 1 aromatic carbocycles. The van der Waals surface area contributed by atoms with Gasteiger partial charge in [0, 0.05) is 12.0 Å². The van der Waals surface area contributed by atoms with Crippen molar-refractivity contribution in [2.75, 3.05) is 0 Å². The fourth-order valence-corrected chi connectivity index (χ4v) is 5.00. The van der Waals surface area contributed by atoms with E-state index in [4.69, 9.17) is 0 Å². The molecular formula is C20H25NO3. The number of amides is 1. The average Bonchev–Trinajstić information content (AvgIpc) is 3.26. The Hall–Kier alpha value is -1.84. The summed E-state index contributed by atoms with van der Waals surface area (Å²) in [6.45, 7) is 2.09. The topological polar surface area (TPSA) is 57.6 Å². The maximum Gasteiger partial charge on any atom is 0.326 e. The molecule has 1 N–H and O–H groups in total. The zero-order chi connectivity index (χ0) is 16.8. The molecule has 0 spiro atoms. The third-order valence-electron chi connectivity index (χ3n) is 6.32. The van der Waals surface area contributed by atoms with Gasteiger partial charge in [0.25, 0.3) is 0 Å². The van der Waals surface area contributed by atoms with Crippen molar-refractivity contribution in [1.29, 1.82) is 0 Å². The monoisotopic (exact) mass is 327 g/mol. The van der Waals surface area contributed by atoms with Crippen LogP contribution in [0.25, 0.3) is 0 Å². The lowest BCUT2D eigenvalue weighted by Gasteiger charge is -2.33. The third-order valence-corrected chi connectivity index (χ3v) is 6.32. The Labute approximate surface area is 142 Å². The SMILES string of the molecule is Cc1ccccc1C1CC1C(=O)N1C(C(=O)O)CC2CCCCC21. The Morgan fingerprint density at radius 2 is 1.88 bits per heavy atom. The van der Waals surface area contributed by atoms with Crippen LogP contribution < -0.4 is 0 Å². The summed E-state index contributed by atoms with van der Waals surface area (Å²) in [5, 5.41) is 9.61. The molecule has 1 amide bonds. The van der Waals surface area contributed by atoms with Gasteiger partial charge in [-0.3, -0.25) is 4.79 Å². The number of aryl methyl sites for hydroxylation is 1. The van der Waals surface area contributed by atoms with Gasteiger partial charge in [0.15, 0.2) is 0 Å². The van der Waals surface area contributed by atoms with Crippen LogP contribution in [0.2, 0.25) is 0 Å².